The van der Waals surface area contributed by atoms with Crippen molar-refractivity contribution >= 4 is 144 Å². The van der Waals surface area contributed by atoms with Crippen molar-refractivity contribution in [1.82, 2.24) is 41.6 Å². The quantitative estimate of drug-likeness (QED) is 0.126. The van der Waals surface area contributed by atoms with E-state index in [-0.39, 0.29) is 31.4 Å². The average molecular weight is 1310 g/mol. The van der Waals surface area contributed by atoms with Gasteiger partial charge >= 0.3 is 6.18 Å². The van der Waals surface area contributed by atoms with Crippen molar-refractivity contribution in [1.29, 1.82) is 0 Å². The maximum atomic E-state index is 14.0. The van der Waals surface area contributed by atoms with Crippen LogP contribution in [0.15, 0.2) is 183 Å². The Morgan fingerprint density at radius 2 is 0.809 bits per heavy atom. The summed E-state index contributed by atoms with van der Waals surface area (Å²) in [5.41, 5.74) is 13.3. The number of fused-ring (bicyclic) bond motifs is 6. The molecular weight excluding hydrogens is 1260 g/mol. The third-order valence-electron chi connectivity index (χ3n) is 16.4. The van der Waals surface area contributed by atoms with E-state index in [1.165, 1.54) is 84.1 Å². The first-order valence-electron chi connectivity index (χ1n) is 28.2. The smallest absolute Gasteiger partial charge is 0.302 e. The van der Waals surface area contributed by atoms with Crippen molar-refractivity contribution in [2.75, 3.05) is 60.4 Å². The van der Waals surface area contributed by atoms with E-state index in [0.717, 1.165) is 114 Å². The van der Waals surface area contributed by atoms with Gasteiger partial charge in [-0.15, -0.1) is 34.0 Å². The summed E-state index contributed by atoms with van der Waals surface area (Å²) in [7, 11) is -5.49. The number of likely N-dealkylation sites (N-methyl/N-ethyl adjacent to an activating group) is 3. The highest BCUT2D eigenvalue weighted by Gasteiger charge is 2.33. The second kappa shape index (κ2) is 23.6. The molecular formula is C64H55F4N9O6S6. The number of hydrogen-bond acceptors (Lipinski definition) is 15. The van der Waals surface area contributed by atoms with Crippen LogP contribution in [0, 0.1) is 5.82 Å². The molecule has 0 amide bonds. The summed E-state index contributed by atoms with van der Waals surface area (Å²) in [5.74, 6) is -0.381. The van der Waals surface area contributed by atoms with Gasteiger partial charge in [0.05, 0.1) is 84.0 Å². The Labute approximate surface area is 522 Å². The van der Waals surface area contributed by atoms with E-state index in [1.54, 1.807) is 77.5 Å². The van der Waals surface area contributed by atoms with Gasteiger partial charge in [-0.3, -0.25) is 0 Å². The minimum Gasteiger partial charge on any atom is -0.302 e. The molecule has 12 aromatic rings. The van der Waals surface area contributed by atoms with E-state index in [9.17, 15) is 42.8 Å². The Bertz CT molecular complexity index is 5230. The van der Waals surface area contributed by atoms with Crippen molar-refractivity contribution in [3.05, 3.63) is 197 Å². The molecule has 25 heteroatoms. The molecule has 0 bridgehead atoms. The third-order valence-corrected chi connectivity index (χ3v) is 23.7. The molecule has 15 rings (SSSR count). The lowest BCUT2D eigenvalue weighted by Crippen LogP contribution is -2.23. The van der Waals surface area contributed by atoms with Gasteiger partial charge in [0.1, 0.15) is 5.82 Å². The summed E-state index contributed by atoms with van der Waals surface area (Å²) in [6, 6.07) is 29.9. The lowest BCUT2D eigenvalue weighted by Gasteiger charge is -2.21. The topological polar surface area (TPSA) is 166 Å². The predicted molar refractivity (Wildman–Crippen MR) is 348 cm³/mol. The Balaban J connectivity index is 0.000000123. The summed E-state index contributed by atoms with van der Waals surface area (Å²) < 4.78 is 141. The zero-order chi connectivity index (χ0) is 62.1. The van der Waals surface area contributed by atoms with Crippen molar-refractivity contribution in [2.45, 2.75) is 40.1 Å². The highest BCUT2D eigenvalue weighted by atomic mass is 32.2. The molecule has 3 aliphatic heterocycles. The number of aromatic nitrogens is 6. The summed E-state index contributed by atoms with van der Waals surface area (Å²) in [6.45, 7) is 4.90. The van der Waals surface area contributed by atoms with Gasteiger partial charge in [-0.2, -0.15) is 13.2 Å². The molecule has 0 spiro atoms. The van der Waals surface area contributed by atoms with Crippen LogP contribution in [0.4, 0.5) is 17.6 Å². The number of para-hydroxylation sites is 1. The highest BCUT2D eigenvalue weighted by Crippen LogP contribution is 2.40. The fourth-order valence-corrected chi connectivity index (χ4v) is 18.0. The summed E-state index contributed by atoms with van der Waals surface area (Å²) in [5, 5.41) is 1.86. The van der Waals surface area contributed by atoms with Gasteiger partial charge in [-0.25, -0.2) is 56.5 Å². The minimum atomic E-state index is -4.52. The minimum absolute atomic E-state index is 0.0648. The second-order valence-corrected chi connectivity index (χ2v) is 30.2. The van der Waals surface area contributed by atoms with Gasteiger partial charge in [0.15, 0.2) is 0 Å². The van der Waals surface area contributed by atoms with Crippen LogP contribution in [0.2, 0.25) is 0 Å². The van der Waals surface area contributed by atoms with Crippen LogP contribution in [0.25, 0.3) is 80.1 Å². The highest BCUT2D eigenvalue weighted by molar-refractivity contribution is 7.90. The maximum Gasteiger partial charge on any atom is 0.416 e. The Hall–Kier alpha value is -7.72. The summed E-state index contributed by atoms with van der Waals surface area (Å²) >= 11 is 4.17. The number of nitrogens with zero attached hydrogens (tertiary/aromatic N) is 9. The van der Waals surface area contributed by atoms with E-state index in [2.05, 4.69) is 48.9 Å². The van der Waals surface area contributed by atoms with Gasteiger partial charge in [0.25, 0.3) is 30.1 Å². The van der Waals surface area contributed by atoms with Gasteiger partial charge in [-0.05, 0) is 154 Å². The van der Waals surface area contributed by atoms with Crippen molar-refractivity contribution in [3.63, 3.8) is 0 Å². The molecule has 0 atom stereocenters. The van der Waals surface area contributed by atoms with Gasteiger partial charge < -0.3 is 14.7 Å². The standard InChI is InChI=1S/C22H18F3N3O2S2.C21H18FN3O2S2.C21H19N3O2S2/c1-27-8-6-14(7-9-27)18-12-28(20-5-2-15(10-17(18)20)22(23,24)25)32(29,30)16-3-4-19-21(11-16)31-13-26-19;1-24-8-6-14(7-9-24)18-12-25(20-5-2-15(22)10-17(18)20)29(26,27)16-3-4-19-21(11-16)28-13-23-19;1-23-10-8-15(9-11-23)18-13-24(20-5-3-2-4-17(18)20)28(25,26)16-6-7-19-21(12-16)27-14-22-19/h2-6,10-13H,7-9H2,1H3;2-6,10-13H,7-9H2,1H3;2-8,12-14H,9-11H2,1H3. The molecule has 0 unspecified atom stereocenters. The van der Waals surface area contributed by atoms with Crippen LogP contribution in [0.1, 0.15) is 41.5 Å². The van der Waals surface area contributed by atoms with Crippen molar-refractivity contribution < 1.29 is 42.8 Å². The number of hydrogen-bond donors (Lipinski definition) is 0. The van der Waals surface area contributed by atoms with E-state index < -0.39 is 41.8 Å². The molecule has 456 valence electrons. The van der Waals surface area contributed by atoms with Gasteiger partial charge in [0.2, 0.25) is 0 Å². The fraction of sp³-hybridized carbons (Fsp3) is 0.203. The van der Waals surface area contributed by atoms with Crippen LogP contribution >= 0.6 is 34.0 Å². The number of thiazole rings is 3. The molecule has 0 fully saturated rings. The second-order valence-electron chi connectivity index (χ2n) is 22.1. The zero-order valence-electron chi connectivity index (χ0n) is 48.0. The molecule has 89 heavy (non-hydrogen) atoms. The normalized spacial score (nSPS) is 16.0. The first-order chi connectivity index (χ1) is 42.6. The van der Waals surface area contributed by atoms with Gasteiger partial charge in [-0.1, -0.05) is 36.4 Å². The lowest BCUT2D eigenvalue weighted by molar-refractivity contribution is -0.137. The Kier molecular flexibility index (Phi) is 16.0. The Morgan fingerprint density at radius 1 is 0.438 bits per heavy atom. The number of halogens is 4. The molecule has 3 aliphatic rings. The van der Waals surface area contributed by atoms with E-state index in [4.69, 9.17) is 0 Å². The van der Waals surface area contributed by atoms with E-state index in [1.807, 2.05) is 44.4 Å². The maximum absolute atomic E-state index is 14.0. The number of benzene rings is 6. The van der Waals surface area contributed by atoms with Crippen LogP contribution < -0.4 is 0 Å². The van der Waals surface area contributed by atoms with Crippen molar-refractivity contribution in [2.24, 2.45) is 0 Å². The average Bonchev–Trinajstić information content (AvgIpc) is 1.72. The number of alkyl halides is 3. The van der Waals surface area contributed by atoms with Gasteiger partial charge in [0, 0.05) is 90.7 Å². The predicted octanol–water partition coefficient (Wildman–Crippen LogP) is 13.8. The number of rotatable bonds is 9. The largest absolute Gasteiger partial charge is 0.416 e. The van der Waals surface area contributed by atoms with Crippen LogP contribution in [-0.2, 0) is 36.2 Å². The SMILES string of the molecule is CN1CC=C(c2cn(S(=O)(=O)c3ccc4ncsc4c3)c3ccc(C(F)(F)F)cc23)CC1.CN1CC=C(c2cn(S(=O)(=O)c3ccc4ncsc4c3)c3ccc(F)cc23)CC1.CN1CC=C(c2cn(S(=O)(=O)c3ccc4ncsc4c3)c3ccccc23)CC1. The molecule has 0 saturated heterocycles. The van der Waals surface area contributed by atoms with Crippen LogP contribution in [0.3, 0.4) is 0 Å². The molecule has 9 heterocycles. The van der Waals surface area contributed by atoms with Crippen LogP contribution in [0.5, 0.6) is 0 Å². The molecule has 0 aliphatic carbocycles. The monoisotopic (exact) mass is 1310 g/mol. The molecule has 0 N–H and O–H groups in total. The zero-order valence-corrected chi connectivity index (χ0v) is 52.9. The molecule has 6 aromatic heterocycles. The Morgan fingerprint density at radius 3 is 1.20 bits per heavy atom. The molecule has 15 nitrogen and oxygen atoms in total. The molecule has 0 saturated carbocycles. The van der Waals surface area contributed by atoms with Crippen LogP contribution in [-0.4, -0.2) is 127 Å². The molecule has 0 radical (unpaired) electrons. The third kappa shape index (κ3) is 11.6. The summed E-state index contributed by atoms with van der Waals surface area (Å²) in [4.78, 5) is 19.7. The molecule has 6 aromatic carbocycles. The summed E-state index contributed by atoms with van der Waals surface area (Å²) in [6.07, 6.45) is 8.91. The van der Waals surface area contributed by atoms with E-state index >= 15 is 0 Å². The van der Waals surface area contributed by atoms with E-state index in [0.29, 0.717) is 40.5 Å². The lowest BCUT2D eigenvalue weighted by atomic mass is 9.98. The fourth-order valence-electron chi connectivity index (χ4n) is 11.4. The first-order valence-corrected chi connectivity index (χ1v) is 35.1. The first kappa shape index (κ1) is 60.2. The van der Waals surface area contributed by atoms with Crippen molar-refractivity contribution in [3.8, 4) is 0 Å².